The van der Waals surface area contributed by atoms with Crippen molar-refractivity contribution in [3.05, 3.63) is 29.3 Å². The predicted octanol–water partition coefficient (Wildman–Crippen LogP) is 2.91. The highest BCUT2D eigenvalue weighted by molar-refractivity contribution is 6.01. The molecule has 1 aliphatic rings. The molecule has 0 spiro atoms. The molecule has 3 heteroatoms. The maximum absolute atomic E-state index is 7.70. The lowest BCUT2D eigenvalue weighted by Crippen LogP contribution is -2.27. The van der Waals surface area contributed by atoms with Crippen molar-refractivity contribution in [1.82, 2.24) is 0 Å². The molecule has 0 saturated heterocycles. The van der Waals surface area contributed by atoms with Crippen LogP contribution in [0.3, 0.4) is 0 Å². The first-order valence-corrected chi connectivity index (χ1v) is 6.74. The summed E-state index contributed by atoms with van der Waals surface area (Å²) in [5.74, 6) is 0.960. The van der Waals surface area contributed by atoms with E-state index in [1.165, 1.54) is 31.2 Å². The number of nitrogens with two attached hydrogens (primary N) is 1. The minimum Gasteiger partial charge on any atom is -0.384 e. The first-order chi connectivity index (χ1) is 8.59. The normalized spacial score (nSPS) is 15.9. The number of nitrogens with zero attached hydrogens (tertiary/aromatic N) is 1. The summed E-state index contributed by atoms with van der Waals surface area (Å²) in [7, 11) is 2.12. The average Bonchev–Trinajstić information content (AvgIpc) is 2.81. The fourth-order valence-corrected chi connectivity index (χ4v) is 3.05. The molecule has 1 aromatic carbocycles. The summed E-state index contributed by atoms with van der Waals surface area (Å²) in [5, 5.41) is 7.70. The number of rotatable bonds is 4. The van der Waals surface area contributed by atoms with Crippen LogP contribution in [0.1, 0.15) is 36.8 Å². The molecule has 0 heterocycles. The standard InChI is InChI=1S/C15H23N3/c1-11-6-5-9-13(15(16)17)14(11)18(2)10-12-7-3-4-8-12/h5-6,9,12H,3-4,7-8,10H2,1-2H3,(H3,16,17). The maximum atomic E-state index is 7.70. The Kier molecular flexibility index (Phi) is 3.90. The highest BCUT2D eigenvalue weighted by Crippen LogP contribution is 2.29. The van der Waals surface area contributed by atoms with Gasteiger partial charge in [-0.05, 0) is 37.3 Å². The quantitative estimate of drug-likeness (QED) is 0.633. The summed E-state index contributed by atoms with van der Waals surface area (Å²) in [6.45, 7) is 3.16. The molecule has 0 aromatic heterocycles. The minimum atomic E-state index is 0.159. The Morgan fingerprint density at radius 2 is 2.06 bits per heavy atom. The molecule has 0 bridgehead atoms. The fourth-order valence-electron chi connectivity index (χ4n) is 3.05. The van der Waals surface area contributed by atoms with Crippen LogP contribution in [-0.4, -0.2) is 19.4 Å². The lowest BCUT2D eigenvalue weighted by Gasteiger charge is -2.27. The summed E-state index contributed by atoms with van der Waals surface area (Å²) in [5.41, 5.74) is 8.86. The van der Waals surface area contributed by atoms with Crippen molar-refractivity contribution in [2.75, 3.05) is 18.5 Å². The van der Waals surface area contributed by atoms with Gasteiger partial charge in [0, 0.05) is 19.2 Å². The maximum Gasteiger partial charge on any atom is 0.124 e. The molecule has 3 nitrogen and oxygen atoms in total. The van der Waals surface area contributed by atoms with Crippen LogP contribution in [0.5, 0.6) is 0 Å². The van der Waals surface area contributed by atoms with Crippen molar-refractivity contribution in [1.29, 1.82) is 5.41 Å². The zero-order valence-corrected chi connectivity index (χ0v) is 11.4. The lowest BCUT2D eigenvalue weighted by molar-refractivity contribution is 0.546. The van der Waals surface area contributed by atoms with Crippen molar-refractivity contribution < 1.29 is 0 Å². The second kappa shape index (κ2) is 5.42. The third-order valence-electron chi connectivity index (χ3n) is 3.92. The molecule has 0 amide bonds. The SMILES string of the molecule is Cc1cccc(C(=N)N)c1N(C)CC1CCCC1. The fraction of sp³-hybridized carbons (Fsp3) is 0.533. The topological polar surface area (TPSA) is 53.1 Å². The van der Waals surface area contributed by atoms with Crippen molar-refractivity contribution >= 4 is 11.5 Å². The molecule has 1 fully saturated rings. The number of nitrogen functional groups attached to an aromatic ring is 1. The van der Waals surface area contributed by atoms with Crippen molar-refractivity contribution in [3.63, 3.8) is 0 Å². The van der Waals surface area contributed by atoms with E-state index in [-0.39, 0.29) is 5.84 Å². The van der Waals surface area contributed by atoms with Gasteiger partial charge in [0.1, 0.15) is 5.84 Å². The monoisotopic (exact) mass is 245 g/mol. The van der Waals surface area contributed by atoms with E-state index in [1.54, 1.807) is 0 Å². The van der Waals surface area contributed by atoms with Crippen LogP contribution in [0, 0.1) is 18.3 Å². The molecule has 18 heavy (non-hydrogen) atoms. The van der Waals surface area contributed by atoms with Crippen LogP contribution in [0.25, 0.3) is 0 Å². The molecule has 98 valence electrons. The van der Waals surface area contributed by atoms with Gasteiger partial charge in [-0.15, -0.1) is 0 Å². The van der Waals surface area contributed by atoms with Gasteiger partial charge in [0.25, 0.3) is 0 Å². The van der Waals surface area contributed by atoms with E-state index in [1.807, 2.05) is 12.1 Å². The number of anilines is 1. The van der Waals surface area contributed by atoms with Gasteiger partial charge in [-0.2, -0.15) is 0 Å². The van der Waals surface area contributed by atoms with Crippen molar-refractivity contribution in [2.24, 2.45) is 11.7 Å². The Labute approximate surface area is 109 Å². The molecular weight excluding hydrogens is 222 g/mol. The van der Waals surface area contributed by atoms with Crippen LogP contribution < -0.4 is 10.6 Å². The van der Waals surface area contributed by atoms with E-state index in [2.05, 4.69) is 24.9 Å². The van der Waals surface area contributed by atoms with Crippen LogP contribution in [0.2, 0.25) is 0 Å². The number of hydrogen-bond acceptors (Lipinski definition) is 2. The number of nitrogens with one attached hydrogen (secondary N) is 1. The van der Waals surface area contributed by atoms with Gasteiger partial charge in [0.2, 0.25) is 0 Å². The van der Waals surface area contributed by atoms with Crippen molar-refractivity contribution in [2.45, 2.75) is 32.6 Å². The van der Waals surface area contributed by atoms with Crippen LogP contribution in [0.4, 0.5) is 5.69 Å². The Balaban J connectivity index is 2.22. The van der Waals surface area contributed by atoms with Gasteiger partial charge in [-0.3, -0.25) is 5.41 Å². The van der Waals surface area contributed by atoms with E-state index >= 15 is 0 Å². The smallest absolute Gasteiger partial charge is 0.124 e. The summed E-state index contributed by atoms with van der Waals surface area (Å²) in [4.78, 5) is 2.28. The van der Waals surface area contributed by atoms with Gasteiger partial charge in [0.15, 0.2) is 0 Å². The van der Waals surface area contributed by atoms with Gasteiger partial charge in [0.05, 0.1) is 5.69 Å². The van der Waals surface area contributed by atoms with E-state index in [9.17, 15) is 0 Å². The second-order valence-corrected chi connectivity index (χ2v) is 5.42. The first kappa shape index (κ1) is 12.9. The number of aryl methyl sites for hydroxylation is 1. The largest absolute Gasteiger partial charge is 0.384 e. The second-order valence-electron chi connectivity index (χ2n) is 5.42. The Bertz CT molecular complexity index is 433. The van der Waals surface area contributed by atoms with Crippen LogP contribution in [-0.2, 0) is 0 Å². The molecule has 1 saturated carbocycles. The van der Waals surface area contributed by atoms with E-state index in [0.29, 0.717) is 0 Å². The van der Waals surface area contributed by atoms with E-state index in [4.69, 9.17) is 11.1 Å². The third kappa shape index (κ3) is 2.66. The highest BCUT2D eigenvalue weighted by atomic mass is 15.1. The summed E-state index contributed by atoms with van der Waals surface area (Å²) in [6.07, 6.45) is 5.41. The lowest BCUT2D eigenvalue weighted by atomic mass is 10.0. The number of amidine groups is 1. The van der Waals surface area contributed by atoms with Gasteiger partial charge < -0.3 is 10.6 Å². The highest BCUT2D eigenvalue weighted by Gasteiger charge is 2.19. The molecular formula is C15H23N3. The zero-order valence-electron chi connectivity index (χ0n) is 11.4. The molecule has 1 aliphatic carbocycles. The summed E-state index contributed by atoms with van der Waals surface area (Å²) < 4.78 is 0. The third-order valence-corrected chi connectivity index (χ3v) is 3.92. The number of hydrogen-bond donors (Lipinski definition) is 2. The Morgan fingerprint density at radius 3 is 2.67 bits per heavy atom. The molecule has 3 N–H and O–H groups in total. The predicted molar refractivity (Wildman–Crippen MR) is 77.4 cm³/mol. The summed E-state index contributed by atoms with van der Waals surface area (Å²) in [6, 6.07) is 6.00. The first-order valence-electron chi connectivity index (χ1n) is 6.74. The van der Waals surface area contributed by atoms with Crippen LogP contribution >= 0.6 is 0 Å². The minimum absolute atomic E-state index is 0.159. The zero-order chi connectivity index (χ0) is 13.1. The van der Waals surface area contributed by atoms with Gasteiger partial charge in [-0.25, -0.2) is 0 Å². The van der Waals surface area contributed by atoms with E-state index < -0.39 is 0 Å². The molecule has 0 radical (unpaired) electrons. The van der Waals surface area contributed by atoms with Gasteiger partial charge >= 0.3 is 0 Å². The number of benzene rings is 1. The average molecular weight is 245 g/mol. The Morgan fingerprint density at radius 1 is 1.39 bits per heavy atom. The van der Waals surface area contributed by atoms with Gasteiger partial charge in [-0.1, -0.05) is 25.0 Å². The number of para-hydroxylation sites is 1. The van der Waals surface area contributed by atoms with Crippen LogP contribution in [0.15, 0.2) is 18.2 Å². The molecule has 0 unspecified atom stereocenters. The summed E-state index contributed by atoms with van der Waals surface area (Å²) >= 11 is 0. The molecule has 0 atom stereocenters. The molecule has 2 rings (SSSR count). The van der Waals surface area contributed by atoms with Crippen molar-refractivity contribution in [3.8, 4) is 0 Å². The molecule has 1 aromatic rings. The van der Waals surface area contributed by atoms with E-state index in [0.717, 1.165) is 23.7 Å². The Hall–Kier alpha value is -1.51. The molecule has 0 aliphatic heterocycles.